The Morgan fingerprint density at radius 2 is 1.88 bits per heavy atom. The fraction of sp³-hybridized carbons (Fsp3) is 0.541. The molecule has 0 bridgehead atoms. The van der Waals surface area contributed by atoms with Crippen molar-refractivity contribution in [2.24, 2.45) is 0 Å². The summed E-state index contributed by atoms with van der Waals surface area (Å²) in [4.78, 5) is 17.0. The summed E-state index contributed by atoms with van der Waals surface area (Å²) in [6, 6.07) is 9.52. The molecule has 6 heterocycles. The van der Waals surface area contributed by atoms with E-state index in [4.69, 9.17) is 29.9 Å². The minimum atomic E-state index is -0.845. The van der Waals surface area contributed by atoms with E-state index in [9.17, 15) is 4.39 Å². The lowest BCUT2D eigenvalue weighted by Crippen LogP contribution is -2.43. The van der Waals surface area contributed by atoms with Gasteiger partial charge in [0.1, 0.15) is 36.0 Å². The summed E-state index contributed by atoms with van der Waals surface area (Å²) >= 11 is 0. The molecule has 0 unspecified atom stereocenters. The summed E-state index contributed by atoms with van der Waals surface area (Å²) in [6.45, 7) is 7.21. The van der Waals surface area contributed by atoms with Crippen LogP contribution >= 0.6 is 0 Å². The maximum atomic E-state index is 15.3. The highest BCUT2D eigenvalue weighted by Gasteiger charge is 2.49. The number of alkyl halides is 1. The zero-order chi connectivity index (χ0) is 34.4. The Hall–Kier alpha value is -4.23. The molecule has 2 atom stereocenters. The normalized spacial score (nSPS) is 22.3. The van der Waals surface area contributed by atoms with Crippen molar-refractivity contribution in [1.82, 2.24) is 24.6 Å². The molecular weight excluding hydrogens is 642 g/mol. The van der Waals surface area contributed by atoms with Gasteiger partial charge >= 0.3 is 6.01 Å². The first-order chi connectivity index (χ1) is 24.3. The van der Waals surface area contributed by atoms with E-state index < -0.39 is 6.17 Å². The molecule has 50 heavy (non-hydrogen) atoms. The molecule has 0 amide bonds. The Balaban J connectivity index is 1.19. The zero-order valence-corrected chi connectivity index (χ0v) is 29.0. The van der Waals surface area contributed by atoms with Gasteiger partial charge in [-0.1, -0.05) is 13.0 Å². The Kier molecular flexibility index (Phi) is 8.88. The maximum absolute atomic E-state index is 15.3. The lowest BCUT2D eigenvalue weighted by Gasteiger charge is -2.35. The predicted octanol–water partition coefficient (Wildman–Crippen LogP) is 5.41. The van der Waals surface area contributed by atoms with Crippen LogP contribution in [-0.4, -0.2) is 83.0 Å². The Morgan fingerprint density at radius 3 is 2.74 bits per heavy atom. The quantitative estimate of drug-likeness (QED) is 0.230. The highest BCUT2D eigenvalue weighted by Crippen LogP contribution is 2.42. The minimum Gasteiger partial charge on any atom is -0.467 e. The number of fused-ring (bicyclic) bond motifs is 4. The van der Waals surface area contributed by atoms with Crippen molar-refractivity contribution in [3.63, 3.8) is 0 Å². The van der Waals surface area contributed by atoms with Gasteiger partial charge in [-0.25, -0.2) is 8.78 Å². The molecule has 2 aromatic carbocycles. The molecule has 0 spiro atoms. The molecule has 2 fully saturated rings. The topological polar surface area (TPSA) is 107 Å². The van der Waals surface area contributed by atoms with Gasteiger partial charge in [0.05, 0.1) is 30.0 Å². The summed E-state index contributed by atoms with van der Waals surface area (Å²) in [6.07, 6.45) is 4.76. The number of methoxy groups -OCH3 is 1. The molecule has 266 valence electrons. The number of hydrogen-bond acceptors (Lipinski definition) is 10. The minimum absolute atomic E-state index is 0.107. The molecule has 8 rings (SSSR count). The zero-order valence-electron chi connectivity index (χ0n) is 29.0. The SMILES string of the molecule is CCc1c(F)ccc2cc(OCOC)cc(N3CCc4c(nc(OC[C@@]56CCCN5C[C@H](F)C6)nc4N4CCCCn5nc(N)cc5C4)C3)c12. The number of benzene rings is 2. The molecule has 2 N–H and O–H groups in total. The van der Waals surface area contributed by atoms with Crippen molar-refractivity contribution in [2.75, 3.05) is 62.2 Å². The van der Waals surface area contributed by atoms with Crippen LogP contribution in [0.2, 0.25) is 0 Å². The summed E-state index contributed by atoms with van der Waals surface area (Å²) in [5.74, 6) is 1.81. The number of nitrogens with two attached hydrogens (primary N) is 1. The number of aromatic nitrogens is 4. The van der Waals surface area contributed by atoms with E-state index in [0.29, 0.717) is 75.2 Å². The van der Waals surface area contributed by atoms with Crippen LogP contribution in [0, 0.1) is 5.82 Å². The highest BCUT2D eigenvalue weighted by atomic mass is 19.1. The van der Waals surface area contributed by atoms with Gasteiger partial charge in [0.15, 0.2) is 6.79 Å². The Morgan fingerprint density at radius 1 is 1.00 bits per heavy atom. The second kappa shape index (κ2) is 13.5. The largest absolute Gasteiger partial charge is 0.467 e. The smallest absolute Gasteiger partial charge is 0.318 e. The maximum Gasteiger partial charge on any atom is 0.318 e. The second-order valence-electron chi connectivity index (χ2n) is 14.2. The number of aryl methyl sites for hydroxylation is 2. The van der Waals surface area contributed by atoms with E-state index in [1.807, 2.05) is 35.9 Å². The van der Waals surface area contributed by atoms with Crippen LogP contribution in [0.1, 0.15) is 61.5 Å². The monoisotopic (exact) mass is 688 g/mol. The number of nitrogens with zero attached hydrogens (tertiary/aromatic N) is 7. The van der Waals surface area contributed by atoms with Gasteiger partial charge in [-0.2, -0.15) is 15.1 Å². The predicted molar refractivity (Wildman–Crippen MR) is 188 cm³/mol. The standard InChI is InChI=1S/C37H46F2N8O3/c1-3-28-30(39)8-7-24-15-27(50-23-48-2)17-32(34(24)28)44-14-9-29-31(21-44)41-36(49-22-37-10-6-12-46(37)19-25(38)18-37)42-35(29)45-11-4-5-13-47-26(20-45)16-33(40)43-47/h7-8,15-17,25H,3-6,9-14,18-23H2,1-2H3,(H2,40,43)/t25-,37+/m1/s1. The van der Waals surface area contributed by atoms with Crippen molar-refractivity contribution >= 4 is 28.1 Å². The van der Waals surface area contributed by atoms with Crippen molar-refractivity contribution in [1.29, 1.82) is 0 Å². The molecule has 2 saturated heterocycles. The average molecular weight is 689 g/mol. The fourth-order valence-electron chi connectivity index (χ4n) is 8.66. The van der Waals surface area contributed by atoms with E-state index in [1.54, 1.807) is 7.11 Å². The van der Waals surface area contributed by atoms with E-state index in [-0.39, 0.29) is 18.1 Å². The van der Waals surface area contributed by atoms with Crippen LogP contribution in [0.25, 0.3) is 10.8 Å². The number of nitrogen functional groups attached to an aromatic ring is 1. The molecule has 11 nitrogen and oxygen atoms in total. The van der Waals surface area contributed by atoms with E-state index in [1.165, 1.54) is 6.07 Å². The molecule has 0 aliphatic carbocycles. The summed E-state index contributed by atoms with van der Waals surface area (Å²) < 4.78 is 49.5. The number of ether oxygens (including phenoxy) is 3. The summed E-state index contributed by atoms with van der Waals surface area (Å²) in [7, 11) is 1.59. The van der Waals surface area contributed by atoms with Gasteiger partial charge in [-0.3, -0.25) is 9.58 Å². The van der Waals surface area contributed by atoms with Crippen molar-refractivity contribution in [3.05, 3.63) is 58.7 Å². The molecule has 4 aromatic rings. The third-order valence-corrected chi connectivity index (χ3v) is 11.0. The fourth-order valence-corrected chi connectivity index (χ4v) is 8.66. The van der Waals surface area contributed by atoms with Crippen LogP contribution in [0.15, 0.2) is 30.3 Å². The lowest BCUT2D eigenvalue weighted by atomic mass is 9.95. The van der Waals surface area contributed by atoms with Crippen LogP contribution in [0.4, 0.5) is 26.1 Å². The van der Waals surface area contributed by atoms with Crippen LogP contribution in [0.3, 0.4) is 0 Å². The average Bonchev–Trinajstić information content (AvgIpc) is 3.75. The van der Waals surface area contributed by atoms with Crippen molar-refractivity contribution < 1.29 is 23.0 Å². The third-order valence-electron chi connectivity index (χ3n) is 11.0. The lowest BCUT2D eigenvalue weighted by molar-refractivity contribution is 0.0512. The first kappa shape index (κ1) is 32.9. The Labute approximate surface area is 291 Å². The van der Waals surface area contributed by atoms with Crippen molar-refractivity contribution in [2.45, 2.75) is 83.2 Å². The van der Waals surface area contributed by atoms with E-state index in [0.717, 1.165) is 84.5 Å². The number of halogens is 2. The highest BCUT2D eigenvalue weighted by molar-refractivity contribution is 5.98. The van der Waals surface area contributed by atoms with Gasteiger partial charge < -0.3 is 29.7 Å². The number of anilines is 3. The summed E-state index contributed by atoms with van der Waals surface area (Å²) in [5, 5.41) is 6.32. The number of rotatable bonds is 9. The van der Waals surface area contributed by atoms with Crippen molar-refractivity contribution in [3.8, 4) is 11.8 Å². The molecule has 0 saturated carbocycles. The van der Waals surface area contributed by atoms with Crippen LogP contribution in [-0.2, 0) is 37.2 Å². The van der Waals surface area contributed by atoms with Gasteiger partial charge in [0.2, 0.25) is 0 Å². The molecule has 2 aromatic heterocycles. The third kappa shape index (κ3) is 6.08. The molecule has 13 heteroatoms. The molecule has 0 radical (unpaired) electrons. The van der Waals surface area contributed by atoms with Crippen LogP contribution < -0.4 is 25.0 Å². The van der Waals surface area contributed by atoms with Crippen LogP contribution in [0.5, 0.6) is 11.8 Å². The molecule has 4 aliphatic heterocycles. The van der Waals surface area contributed by atoms with Gasteiger partial charge in [0, 0.05) is 68.5 Å². The molecule has 4 aliphatic rings. The Bertz CT molecular complexity index is 1890. The van der Waals surface area contributed by atoms with E-state index in [2.05, 4.69) is 19.8 Å². The summed E-state index contributed by atoms with van der Waals surface area (Å²) in [5.41, 5.74) is 10.4. The first-order valence-electron chi connectivity index (χ1n) is 17.9. The number of hydrogen-bond donors (Lipinski definition) is 1. The van der Waals surface area contributed by atoms with Gasteiger partial charge in [0.25, 0.3) is 0 Å². The van der Waals surface area contributed by atoms with Gasteiger partial charge in [-0.05, 0) is 68.2 Å². The molecular formula is C37H46F2N8O3. The van der Waals surface area contributed by atoms with Gasteiger partial charge in [-0.15, -0.1) is 0 Å². The first-order valence-corrected chi connectivity index (χ1v) is 17.9. The van der Waals surface area contributed by atoms with E-state index >= 15 is 4.39 Å². The second-order valence-corrected chi connectivity index (χ2v) is 14.2.